The SMILES string of the molecule is COC(=O)C1CC2(CC(CN3CCN(C(=O)CN4CCN5c6cc(-c7ccccc7O)nnc6NC[C@]5(C)C4)CC3)C2)C1. The molecule has 7 rings (SSSR count). The van der Waals surface area contributed by atoms with E-state index in [1.54, 1.807) is 12.1 Å². The summed E-state index contributed by atoms with van der Waals surface area (Å²) >= 11 is 0. The molecule has 0 bridgehead atoms. The van der Waals surface area contributed by atoms with Crippen molar-refractivity contribution in [3.05, 3.63) is 30.3 Å². The number of carbonyl (C=O) groups is 2. The number of hydrogen-bond acceptors (Lipinski definition) is 10. The number of piperazine rings is 2. The number of amides is 1. The van der Waals surface area contributed by atoms with Crippen molar-refractivity contribution in [3.63, 3.8) is 0 Å². The quantitative estimate of drug-likeness (QED) is 0.487. The Bertz CT molecular complexity index is 1380. The third kappa shape index (κ3) is 5.31. The van der Waals surface area contributed by atoms with Crippen molar-refractivity contribution in [2.45, 2.75) is 38.1 Å². The lowest BCUT2D eigenvalue weighted by molar-refractivity contribution is -0.162. The zero-order chi connectivity index (χ0) is 29.8. The lowest BCUT2D eigenvalue weighted by Crippen LogP contribution is -2.66. The van der Waals surface area contributed by atoms with Crippen LogP contribution in [0.2, 0.25) is 0 Å². The second-order valence-corrected chi connectivity index (χ2v) is 13.8. The normalized spacial score (nSPS) is 30.5. The fourth-order valence-corrected chi connectivity index (χ4v) is 8.45. The molecular weight excluding hydrogens is 546 g/mol. The number of anilines is 2. The molecular formula is C32H43N7O4. The van der Waals surface area contributed by atoms with Gasteiger partial charge in [-0.2, -0.15) is 0 Å². The second-order valence-electron chi connectivity index (χ2n) is 13.8. The van der Waals surface area contributed by atoms with Crippen LogP contribution >= 0.6 is 0 Å². The number of fused-ring (bicyclic) bond motifs is 3. The molecule has 2 saturated carbocycles. The molecule has 2 aromatic rings. The molecule has 230 valence electrons. The molecule has 11 heteroatoms. The molecule has 4 heterocycles. The molecule has 2 N–H and O–H groups in total. The van der Waals surface area contributed by atoms with Gasteiger partial charge in [0.1, 0.15) is 5.75 Å². The summed E-state index contributed by atoms with van der Waals surface area (Å²) < 4.78 is 4.91. The number of phenols is 1. The summed E-state index contributed by atoms with van der Waals surface area (Å²) in [6, 6.07) is 9.21. The van der Waals surface area contributed by atoms with Crippen LogP contribution in [0.15, 0.2) is 30.3 Å². The van der Waals surface area contributed by atoms with Gasteiger partial charge in [0.25, 0.3) is 0 Å². The highest BCUT2D eigenvalue weighted by molar-refractivity contribution is 5.79. The average Bonchev–Trinajstić information content (AvgIpc) is 2.97. The number of carbonyl (C=O) groups excluding carboxylic acids is 2. The van der Waals surface area contributed by atoms with Crippen LogP contribution in [0.3, 0.4) is 0 Å². The van der Waals surface area contributed by atoms with E-state index in [-0.39, 0.29) is 29.1 Å². The van der Waals surface area contributed by atoms with Crippen molar-refractivity contribution in [1.82, 2.24) is 24.9 Å². The molecule has 0 unspecified atom stereocenters. The number of aromatic hydroxyl groups is 1. The van der Waals surface area contributed by atoms with Crippen LogP contribution in [0.4, 0.5) is 11.5 Å². The van der Waals surface area contributed by atoms with Gasteiger partial charge in [0.05, 0.1) is 36.5 Å². The van der Waals surface area contributed by atoms with Crippen LogP contribution < -0.4 is 10.2 Å². The third-order valence-corrected chi connectivity index (χ3v) is 10.7. The van der Waals surface area contributed by atoms with Crippen LogP contribution in [0.1, 0.15) is 32.6 Å². The maximum Gasteiger partial charge on any atom is 0.308 e. The minimum absolute atomic E-state index is 0.0410. The molecule has 1 aromatic carbocycles. The number of phenolic OH excluding ortho intramolecular Hbond substituents is 1. The number of benzene rings is 1. The predicted molar refractivity (Wildman–Crippen MR) is 163 cm³/mol. The minimum atomic E-state index is -0.194. The summed E-state index contributed by atoms with van der Waals surface area (Å²) in [6.07, 6.45) is 4.46. The number of nitrogens with zero attached hydrogens (tertiary/aromatic N) is 6. The topological polar surface area (TPSA) is 114 Å². The number of methoxy groups -OCH3 is 1. The highest BCUT2D eigenvalue weighted by Gasteiger charge is 2.55. The molecule has 1 amide bonds. The van der Waals surface area contributed by atoms with Crippen molar-refractivity contribution in [2.75, 3.05) is 82.8 Å². The number of esters is 1. The summed E-state index contributed by atoms with van der Waals surface area (Å²) in [4.78, 5) is 34.3. The van der Waals surface area contributed by atoms with Crippen LogP contribution in [0.25, 0.3) is 11.3 Å². The molecule has 2 saturated heterocycles. The third-order valence-electron chi connectivity index (χ3n) is 10.7. The predicted octanol–water partition coefficient (Wildman–Crippen LogP) is 2.28. The van der Waals surface area contributed by atoms with E-state index < -0.39 is 0 Å². The molecule has 43 heavy (non-hydrogen) atoms. The second kappa shape index (κ2) is 10.9. The first-order chi connectivity index (χ1) is 20.7. The fraction of sp³-hybridized carbons (Fsp3) is 0.625. The van der Waals surface area contributed by atoms with Gasteiger partial charge in [0.2, 0.25) is 5.91 Å². The standard InChI is InChI=1S/C32H43N7O4/c1-31-20-33-29-26(13-25(34-35-29)24-5-3-4-6-27(24)40)39(31)12-9-37(21-31)19-28(41)38-10-7-36(8-11-38)18-22-14-32(15-22)16-23(17-32)30(42)43-2/h3-6,13,22-23,40H,7-12,14-21H2,1-2H3,(H,33,35)/t22?,23?,31-,32?/m1/s1. The molecule has 2 aliphatic carbocycles. The van der Waals surface area contributed by atoms with Gasteiger partial charge in [-0.1, -0.05) is 12.1 Å². The molecule has 0 radical (unpaired) electrons. The van der Waals surface area contributed by atoms with Crippen LogP contribution in [-0.2, 0) is 14.3 Å². The Hall–Kier alpha value is -3.44. The summed E-state index contributed by atoms with van der Waals surface area (Å²) in [6.45, 7) is 10.3. The maximum absolute atomic E-state index is 13.4. The number of aromatic nitrogens is 2. The Morgan fingerprint density at radius 3 is 2.51 bits per heavy atom. The van der Waals surface area contributed by atoms with Crippen LogP contribution in [-0.4, -0.2) is 120 Å². The van der Waals surface area contributed by atoms with Gasteiger partial charge < -0.3 is 25.0 Å². The molecule has 1 aromatic heterocycles. The van der Waals surface area contributed by atoms with E-state index in [4.69, 9.17) is 4.74 Å². The van der Waals surface area contributed by atoms with E-state index in [0.29, 0.717) is 29.1 Å². The first-order valence-corrected chi connectivity index (χ1v) is 15.7. The van der Waals surface area contributed by atoms with Gasteiger partial charge in [-0.3, -0.25) is 19.4 Å². The van der Waals surface area contributed by atoms with Crippen LogP contribution in [0, 0.1) is 17.3 Å². The van der Waals surface area contributed by atoms with Gasteiger partial charge in [-0.15, -0.1) is 10.2 Å². The first-order valence-electron chi connectivity index (χ1n) is 15.7. The molecule has 5 aliphatic rings. The van der Waals surface area contributed by atoms with Gasteiger partial charge in [0, 0.05) is 64.5 Å². The molecule has 1 spiro atoms. The van der Waals surface area contributed by atoms with E-state index in [1.165, 1.54) is 20.0 Å². The van der Waals surface area contributed by atoms with Crippen molar-refractivity contribution in [1.29, 1.82) is 0 Å². The van der Waals surface area contributed by atoms with E-state index >= 15 is 0 Å². The van der Waals surface area contributed by atoms with E-state index in [9.17, 15) is 14.7 Å². The van der Waals surface area contributed by atoms with Crippen molar-refractivity contribution >= 4 is 23.4 Å². The number of nitrogens with one attached hydrogen (secondary N) is 1. The van der Waals surface area contributed by atoms with Crippen LogP contribution in [0.5, 0.6) is 5.75 Å². The highest BCUT2D eigenvalue weighted by Crippen LogP contribution is 2.61. The Kier molecular flexibility index (Phi) is 7.20. The fourth-order valence-electron chi connectivity index (χ4n) is 8.45. The largest absolute Gasteiger partial charge is 0.507 e. The smallest absolute Gasteiger partial charge is 0.308 e. The number of rotatable bonds is 6. The summed E-state index contributed by atoms with van der Waals surface area (Å²) in [5.74, 6) is 1.96. The average molecular weight is 590 g/mol. The number of hydrogen-bond donors (Lipinski definition) is 2. The lowest BCUT2D eigenvalue weighted by atomic mass is 9.48. The van der Waals surface area contributed by atoms with Crippen molar-refractivity contribution in [2.24, 2.45) is 17.3 Å². The molecule has 11 nitrogen and oxygen atoms in total. The maximum atomic E-state index is 13.4. The Morgan fingerprint density at radius 1 is 1.02 bits per heavy atom. The Labute approximate surface area is 253 Å². The Morgan fingerprint density at radius 2 is 1.77 bits per heavy atom. The molecule has 3 aliphatic heterocycles. The van der Waals surface area contributed by atoms with E-state index in [1.807, 2.05) is 23.1 Å². The van der Waals surface area contributed by atoms with Gasteiger partial charge in [-0.25, -0.2) is 0 Å². The van der Waals surface area contributed by atoms with E-state index in [2.05, 4.69) is 37.1 Å². The number of para-hydroxylation sites is 1. The zero-order valence-corrected chi connectivity index (χ0v) is 25.3. The van der Waals surface area contributed by atoms with Crippen molar-refractivity contribution in [3.8, 4) is 17.0 Å². The number of ether oxygens (including phenoxy) is 1. The van der Waals surface area contributed by atoms with E-state index in [0.717, 1.165) is 83.2 Å². The summed E-state index contributed by atoms with van der Waals surface area (Å²) in [5.41, 5.74) is 2.51. The minimum Gasteiger partial charge on any atom is -0.507 e. The van der Waals surface area contributed by atoms with Gasteiger partial charge in [-0.05, 0) is 62.1 Å². The Balaban J connectivity index is 0.891. The highest BCUT2D eigenvalue weighted by atomic mass is 16.5. The van der Waals surface area contributed by atoms with Crippen molar-refractivity contribution < 1.29 is 19.4 Å². The van der Waals surface area contributed by atoms with Gasteiger partial charge in [0.15, 0.2) is 5.82 Å². The monoisotopic (exact) mass is 589 g/mol. The lowest BCUT2D eigenvalue weighted by Gasteiger charge is -2.58. The zero-order valence-electron chi connectivity index (χ0n) is 25.3. The molecule has 1 atom stereocenters. The first kappa shape index (κ1) is 28.3. The summed E-state index contributed by atoms with van der Waals surface area (Å²) in [7, 11) is 1.49. The summed E-state index contributed by atoms with van der Waals surface area (Å²) in [5, 5.41) is 22.6. The van der Waals surface area contributed by atoms with Gasteiger partial charge >= 0.3 is 5.97 Å². The molecule has 4 fully saturated rings.